The Labute approximate surface area is 177 Å². The number of nitrogens with zero attached hydrogens (tertiary/aromatic N) is 2. The zero-order valence-electron chi connectivity index (χ0n) is 13.9. The first-order chi connectivity index (χ1) is 13.6. The fourth-order valence-corrected chi connectivity index (χ4v) is 5.06. The van der Waals surface area contributed by atoms with Gasteiger partial charge in [0.15, 0.2) is 5.13 Å². The van der Waals surface area contributed by atoms with Crippen molar-refractivity contribution in [3.05, 3.63) is 74.1 Å². The number of rotatable bonds is 5. The Bertz CT molecular complexity index is 1230. The summed E-state index contributed by atoms with van der Waals surface area (Å²) in [6.07, 6.45) is 1.03. The molecule has 8 nitrogen and oxygen atoms in total. The first-order valence-electron chi connectivity index (χ1n) is 7.51. The second-order valence-electron chi connectivity index (χ2n) is 5.44. The van der Waals surface area contributed by atoms with Crippen molar-refractivity contribution in [2.75, 3.05) is 5.32 Å². The van der Waals surface area contributed by atoms with Crippen molar-refractivity contribution in [1.29, 1.82) is 0 Å². The number of hydrogen-bond acceptors (Lipinski definition) is 7. The third-order valence-corrected chi connectivity index (χ3v) is 7.33. The van der Waals surface area contributed by atoms with Crippen molar-refractivity contribution in [2.45, 2.75) is 9.10 Å². The maximum Gasteiger partial charge on any atom is 0.269 e. The Morgan fingerprint density at radius 2 is 1.83 bits per heavy atom. The largest absolute Gasteiger partial charge is 0.298 e. The van der Waals surface area contributed by atoms with Crippen molar-refractivity contribution < 1.29 is 22.5 Å². The summed E-state index contributed by atoms with van der Waals surface area (Å²) in [4.78, 5) is 26.0. The molecule has 1 heterocycles. The maximum absolute atomic E-state index is 13.6. The van der Waals surface area contributed by atoms with Crippen LogP contribution in [0.25, 0.3) is 0 Å². The van der Waals surface area contributed by atoms with Gasteiger partial charge in [-0.3, -0.25) is 20.2 Å². The molecule has 0 saturated carbocycles. The van der Waals surface area contributed by atoms with E-state index in [9.17, 15) is 27.7 Å². The van der Waals surface area contributed by atoms with Gasteiger partial charge in [0.25, 0.3) is 11.6 Å². The van der Waals surface area contributed by atoms with Gasteiger partial charge in [0, 0.05) is 12.1 Å². The number of halogens is 3. The van der Waals surface area contributed by atoms with Gasteiger partial charge in [0.05, 0.1) is 31.6 Å². The van der Waals surface area contributed by atoms with Crippen LogP contribution in [0.15, 0.2) is 51.7 Å². The Hall–Kier alpha value is -2.60. The topological polar surface area (TPSA) is 119 Å². The van der Waals surface area contributed by atoms with E-state index in [0.29, 0.717) is 11.3 Å². The van der Waals surface area contributed by atoms with Crippen LogP contribution in [0.3, 0.4) is 0 Å². The number of amides is 1. The minimum Gasteiger partial charge on any atom is -0.298 e. The molecule has 29 heavy (non-hydrogen) atoms. The molecule has 3 aromatic rings. The first-order valence-corrected chi connectivity index (χ1v) is 10.6. The van der Waals surface area contributed by atoms with Gasteiger partial charge in [0.2, 0.25) is 9.84 Å². The molecule has 1 amide bonds. The Kier molecular flexibility index (Phi) is 5.85. The van der Waals surface area contributed by atoms with E-state index in [1.807, 2.05) is 0 Å². The zero-order valence-corrected chi connectivity index (χ0v) is 17.1. The van der Waals surface area contributed by atoms with Crippen LogP contribution in [0.4, 0.5) is 15.2 Å². The highest BCUT2D eigenvalue weighted by atomic mass is 35.5. The Morgan fingerprint density at radius 1 is 1.17 bits per heavy atom. The van der Waals surface area contributed by atoms with Gasteiger partial charge in [-0.25, -0.2) is 17.8 Å². The molecule has 0 fully saturated rings. The van der Waals surface area contributed by atoms with E-state index in [4.69, 9.17) is 23.2 Å². The van der Waals surface area contributed by atoms with E-state index in [1.54, 1.807) is 0 Å². The van der Waals surface area contributed by atoms with E-state index in [0.717, 1.165) is 42.6 Å². The summed E-state index contributed by atoms with van der Waals surface area (Å²) in [7, 11) is -4.00. The summed E-state index contributed by atoms with van der Waals surface area (Å²) < 4.78 is 38.6. The smallest absolute Gasteiger partial charge is 0.269 e. The summed E-state index contributed by atoms with van der Waals surface area (Å²) in [5, 5.41) is 12.6. The second kappa shape index (κ2) is 8.03. The van der Waals surface area contributed by atoms with Crippen LogP contribution in [0.2, 0.25) is 10.0 Å². The predicted molar refractivity (Wildman–Crippen MR) is 105 cm³/mol. The lowest BCUT2D eigenvalue weighted by Gasteiger charge is -2.05. The van der Waals surface area contributed by atoms with Crippen molar-refractivity contribution in [2.24, 2.45) is 0 Å². The highest BCUT2D eigenvalue weighted by Crippen LogP contribution is 2.30. The minimum absolute atomic E-state index is 0.0677. The zero-order chi connectivity index (χ0) is 21.3. The lowest BCUT2D eigenvalue weighted by Crippen LogP contribution is -2.12. The van der Waals surface area contributed by atoms with Crippen LogP contribution in [0.5, 0.6) is 0 Å². The summed E-state index contributed by atoms with van der Waals surface area (Å²) in [6.45, 7) is 0. The molecule has 0 bridgehead atoms. The SMILES string of the molecule is O=C(Nc1ncc(S(=O)(=O)c2ccc([N+](=O)[O-])cc2)s1)c1cc(F)c(Cl)cc1Cl. The maximum atomic E-state index is 13.6. The number of hydrogen-bond donors (Lipinski definition) is 1. The molecule has 1 aromatic heterocycles. The Balaban J connectivity index is 1.84. The number of thiazole rings is 1. The molecule has 0 unspecified atom stereocenters. The fourth-order valence-electron chi connectivity index (χ4n) is 2.17. The summed E-state index contributed by atoms with van der Waals surface area (Å²) in [6, 6.07) is 6.24. The van der Waals surface area contributed by atoms with Crippen molar-refractivity contribution in [1.82, 2.24) is 4.98 Å². The van der Waals surface area contributed by atoms with Gasteiger partial charge in [-0.2, -0.15) is 0 Å². The molecule has 0 saturated heterocycles. The summed E-state index contributed by atoms with van der Waals surface area (Å²) >= 11 is 12.1. The molecular weight excluding hydrogens is 468 g/mol. The molecule has 0 aliphatic heterocycles. The predicted octanol–water partition coefficient (Wildman–Crippen LogP) is 4.58. The number of carbonyl (C=O) groups excluding carboxylic acids is 1. The van der Waals surface area contributed by atoms with Gasteiger partial charge in [-0.1, -0.05) is 34.5 Å². The number of non-ortho nitro benzene ring substituents is 1. The first kappa shape index (κ1) is 21.1. The third-order valence-electron chi connectivity index (χ3n) is 3.58. The molecule has 0 atom stereocenters. The number of nitrogens with one attached hydrogen (secondary N) is 1. The number of sulfone groups is 1. The standard InChI is InChI=1S/C16H8Cl2FN3O5S2/c17-11-6-12(18)13(19)5-10(11)15(23)21-16-20-7-14(28-16)29(26,27)9-3-1-8(2-4-9)22(24)25/h1-7H,(H,20,21,23). The van der Waals surface area contributed by atoms with Crippen LogP contribution in [0, 0.1) is 15.9 Å². The number of nitro benzene ring substituents is 1. The van der Waals surface area contributed by atoms with E-state index in [2.05, 4.69) is 10.3 Å². The molecule has 3 rings (SSSR count). The van der Waals surface area contributed by atoms with Crippen LogP contribution < -0.4 is 5.32 Å². The molecule has 13 heteroatoms. The van der Waals surface area contributed by atoms with Crippen LogP contribution in [0.1, 0.15) is 10.4 Å². The van der Waals surface area contributed by atoms with E-state index in [-0.39, 0.29) is 35.5 Å². The molecule has 150 valence electrons. The average Bonchev–Trinajstić information content (AvgIpc) is 3.14. The minimum atomic E-state index is -4.00. The van der Waals surface area contributed by atoms with Gasteiger partial charge in [-0.05, 0) is 24.3 Å². The lowest BCUT2D eigenvalue weighted by molar-refractivity contribution is -0.384. The van der Waals surface area contributed by atoms with Crippen molar-refractivity contribution in [3.63, 3.8) is 0 Å². The van der Waals surface area contributed by atoms with Gasteiger partial charge in [0.1, 0.15) is 10.0 Å². The second-order valence-corrected chi connectivity index (χ2v) is 9.46. The van der Waals surface area contributed by atoms with Crippen LogP contribution in [-0.4, -0.2) is 24.2 Å². The Morgan fingerprint density at radius 3 is 2.45 bits per heavy atom. The van der Waals surface area contributed by atoms with E-state index in [1.165, 1.54) is 0 Å². The quantitative estimate of drug-likeness (QED) is 0.327. The normalized spacial score (nSPS) is 11.3. The highest BCUT2D eigenvalue weighted by Gasteiger charge is 2.23. The van der Waals surface area contributed by atoms with Crippen molar-refractivity contribution >= 4 is 61.1 Å². The van der Waals surface area contributed by atoms with Crippen LogP contribution >= 0.6 is 34.5 Å². The fraction of sp³-hybridized carbons (Fsp3) is 0. The number of benzene rings is 2. The summed E-state index contributed by atoms with van der Waals surface area (Å²) in [5.74, 6) is -1.65. The number of nitro groups is 1. The van der Waals surface area contributed by atoms with E-state index < -0.39 is 26.5 Å². The highest BCUT2D eigenvalue weighted by molar-refractivity contribution is 7.93. The molecule has 1 N–H and O–H groups in total. The number of aromatic nitrogens is 1. The van der Waals surface area contributed by atoms with E-state index >= 15 is 0 Å². The average molecular weight is 476 g/mol. The molecule has 0 aliphatic carbocycles. The van der Waals surface area contributed by atoms with Crippen molar-refractivity contribution in [3.8, 4) is 0 Å². The monoisotopic (exact) mass is 475 g/mol. The molecular formula is C16H8Cl2FN3O5S2. The number of anilines is 1. The number of carbonyl (C=O) groups is 1. The van der Waals surface area contributed by atoms with Crippen LogP contribution in [-0.2, 0) is 9.84 Å². The molecule has 2 aromatic carbocycles. The van der Waals surface area contributed by atoms with Gasteiger partial charge >= 0.3 is 0 Å². The van der Waals surface area contributed by atoms with Gasteiger partial charge < -0.3 is 0 Å². The summed E-state index contributed by atoms with van der Waals surface area (Å²) in [5.41, 5.74) is -0.461. The third kappa shape index (κ3) is 4.37. The lowest BCUT2D eigenvalue weighted by atomic mass is 10.2. The molecule has 0 spiro atoms. The molecule has 0 aliphatic rings. The molecule has 0 radical (unpaired) electrons. The van der Waals surface area contributed by atoms with Gasteiger partial charge in [-0.15, -0.1) is 0 Å².